The smallest absolute Gasteiger partial charge is 0.333 e. The van der Waals surface area contributed by atoms with Gasteiger partial charge in [-0.2, -0.15) is 0 Å². The van der Waals surface area contributed by atoms with Crippen LogP contribution < -0.4 is 16.0 Å². The van der Waals surface area contributed by atoms with Crippen LogP contribution in [-0.4, -0.2) is 16.7 Å². The molecule has 0 saturated carbocycles. The first kappa shape index (κ1) is 20.6. The number of halogens is 1. The van der Waals surface area contributed by atoms with Gasteiger partial charge in [-0.25, -0.2) is 9.18 Å². The van der Waals surface area contributed by atoms with E-state index in [0.29, 0.717) is 16.9 Å². The van der Waals surface area contributed by atoms with E-state index in [-0.39, 0.29) is 5.69 Å². The van der Waals surface area contributed by atoms with Gasteiger partial charge in [-0.05, 0) is 25.5 Å². The second kappa shape index (κ2) is 9.61. The molecule has 0 fully saturated rings. The number of hydrogen-bond acceptors (Lipinski definition) is 3. The molecule has 5 nitrogen and oxygen atoms in total. The van der Waals surface area contributed by atoms with Crippen LogP contribution in [-0.2, 0) is 0 Å². The summed E-state index contributed by atoms with van der Waals surface area (Å²) in [5.74, 6) is -0.115. The monoisotopic (exact) mass is 324 g/mol. The zero-order valence-electron chi connectivity index (χ0n) is 14.8. The molecule has 6 heteroatoms. The minimum absolute atomic E-state index is 0.0806. The van der Waals surface area contributed by atoms with Crippen LogP contribution in [0.4, 0.5) is 4.39 Å². The molecule has 2 aromatic rings. The largest absolute Gasteiger partial charge is 0.496 e. The molecule has 0 bridgehead atoms. The molecule has 0 aliphatic rings. The summed E-state index contributed by atoms with van der Waals surface area (Å²) in [5, 5.41) is 0. The van der Waals surface area contributed by atoms with Crippen LogP contribution in [0.2, 0.25) is 0 Å². The van der Waals surface area contributed by atoms with Crippen molar-refractivity contribution < 1.29 is 9.13 Å². The van der Waals surface area contributed by atoms with Crippen molar-refractivity contribution in [1.29, 1.82) is 0 Å². The van der Waals surface area contributed by atoms with Gasteiger partial charge in [-0.1, -0.05) is 27.7 Å². The molecular formula is C17H25FN2O3. The highest BCUT2D eigenvalue weighted by Gasteiger charge is 2.15. The summed E-state index contributed by atoms with van der Waals surface area (Å²) in [7, 11) is 1.46. The summed E-state index contributed by atoms with van der Waals surface area (Å²) in [6, 6.07) is 2.66. The molecule has 2 rings (SSSR count). The zero-order valence-corrected chi connectivity index (χ0v) is 14.8. The fourth-order valence-electron chi connectivity index (χ4n) is 2.02. The van der Waals surface area contributed by atoms with Crippen molar-refractivity contribution >= 4 is 0 Å². The molecule has 0 amide bonds. The predicted molar refractivity (Wildman–Crippen MR) is 91.3 cm³/mol. The lowest BCUT2D eigenvalue weighted by Gasteiger charge is -2.14. The number of aryl methyl sites for hydroxylation is 1. The second-order valence-corrected chi connectivity index (χ2v) is 4.16. The molecule has 0 unspecified atom stereocenters. The number of H-pyrrole nitrogens is 1. The molecule has 1 aromatic carbocycles. The van der Waals surface area contributed by atoms with Crippen molar-refractivity contribution in [3.8, 4) is 11.4 Å². The van der Waals surface area contributed by atoms with Gasteiger partial charge in [0, 0.05) is 17.8 Å². The summed E-state index contributed by atoms with van der Waals surface area (Å²) in [6.45, 7) is 11.3. The molecule has 128 valence electrons. The van der Waals surface area contributed by atoms with Crippen molar-refractivity contribution in [2.24, 2.45) is 0 Å². The van der Waals surface area contributed by atoms with E-state index in [0.717, 1.165) is 10.6 Å². The number of rotatable bonds is 2. The summed E-state index contributed by atoms with van der Waals surface area (Å²) in [6.07, 6.45) is 1.24. The van der Waals surface area contributed by atoms with E-state index in [1.54, 1.807) is 13.8 Å². The minimum atomic E-state index is -0.685. The lowest BCUT2D eigenvalue weighted by atomic mass is 10.1. The van der Waals surface area contributed by atoms with Gasteiger partial charge in [-0.3, -0.25) is 14.3 Å². The Hall–Kier alpha value is -2.37. The highest BCUT2D eigenvalue weighted by atomic mass is 19.1. The molecule has 0 atom stereocenters. The van der Waals surface area contributed by atoms with Crippen LogP contribution in [0.5, 0.6) is 5.75 Å². The average molecular weight is 324 g/mol. The van der Waals surface area contributed by atoms with E-state index in [1.807, 2.05) is 27.7 Å². The first-order valence-electron chi connectivity index (χ1n) is 7.61. The third-order valence-corrected chi connectivity index (χ3v) is 2.89. The number of methoxy groups -OCH3 is 1. The maximum atomic E-state index is 14.3. The van der Waals surface area contributed by atoms with Gasteiger partial charge in [0.1, 0.15) is 5.75 Å². The first-order chi connectivity index (χ1) is 11.0. The van der Waals surface area contributed by atoms with Gasteiger partial charge >= 0.3 is 5.69 Å². The standard InChI is InChI=1S/C13H13FN2O3.2C2H6/c1-7-6-9(11(14)8(2)12(7)19-3)16-5-4-10(17)15-13(16)18;2*1-2/h4-6H,1-3H3,(H,15,17,18);2*1-2H3. The molecule has 0 saturated heterocycles. The quantitative estimate of drug-likeness (QED) is 0.921. The van der Waals surface area contributed by atoms with Crippen LogP contribution in [0.25, 0.3) is 5.69 Å². The topological polar surface area (TPSA) is 64.1 Å². The van der Waals surface area contributed by atoms with Crippen LogP contribution in [0.3, 0.4) is 0 Å². The number of ether oxygens (including phenoxy) is 1. The average Bonchev–Trinajstić information content (AvgIpc) is 2.56. The first-order valence-corrected chi connectivity index (χ1v) is 7.61. The number of nitrogens with one attached hydrogen (secondary N) is 1. The molecular weight excluding hydrogens is 299 g/mol. The van der Waals surface area contributed by atoms with Gasteiger partial charge in [0.2, 0.25) is 0 Å². The van der Waals surface area contributed by atoms with Gasteiger partial charge in [0.25, 0.3) is 5.56 Å². The second-order valence-electron chi connectivity index (χ2n) is 4.16. The highest BCUT2D eigenvalue weighted by Crippen LogP contribution is 2.29. The van der Waals surface area contributed by atoms with E-state index in [4.69, 9.17) is 4.74 Å². The van der Waals surface area contributed by atoms with E-state index in [2.05, 4.69) is 4.98 Å². The van der Waals surface area contributed by atoms with Gasteiger partial charge < -0.3 is 4.74 Å². The highest BCUT2D eigenvalue weighted by molar-refractivity contribution is 5.50. The van der Waals surface area contributed by atoms with Crippen molar-refractivity contribution in [2.45, 2.75) is 41.5 Å². The molecule has 0 aliphatic heterocycles. The summed E-state index contributed by atoms with van der Waals surface area (Å²) in [5.41, 5.74) is -0.110. The Labute approximate surface area is 135 Å². The summed E-state index contributed by atoms with van der Waals surface area (Å²) >= 11 is 0. The van der Waals surface area contributed by atoms with Crippen molar-refractivity contribution in [1.82, 2.24) is 9.55 Å². The maximum Gasteiger partial charge on any atom is 0.333 e. The third kappa shape index (κ3) is 4.55. The Balaban J connectivity index is 0.00000112. The van der Waals surface area contributed by atoms with Gasteiger partial charge in [-0.15, -0.1) is 0 Å². The molecule has 1 aromatic heterocycles. The molecule has 1 heterocycles. The Morgan fingerprint density at radius 3 is 2.17 bits per heavy atom. The Morgan fingerprint density at radius 2 is 1.70 bits per heavy atom. The Morgan fingerprint density at radius 1 is 1.13 bits per heavy atom. The van der Waals surface area contributed by atoms with Gasteiger partial charge in [0.05, 0.1) is 12.8 Å². The fraction of sp³-hybridized carbons (Fsp3) is 0.412. The van der Waals surface area contributed by atoms with E-state index >= 15 is 0 Å². The van der Waals surface area contributed by atoms with Crippen LogP contribution in [0, 0.1) is 19.7 Å². The summed E-state index contributed by atoms with van der Waals surface area (Å²) < 4.78 is 20.4. The molecule has 23 heavy (non-hydrogen) atoms. The molecule has 0 radical (unpaired) electrons. The van der Waals surface area contributed by atoms with E-state index < -0.39 is 17.1 Å². The van der Waals surface area contributed by atoms with E-state index in [1.165, 1.54) is 19.4 Å². The predicted octanol–water partition coefficient (Wildman–Crippen LogP) is 3.34. The number of benzene rings is 1. The third-order valence-electron chi connectivity index (χ3n) is 2.89. The summed E-state index contributed by atoms with van der Waals surface area (Å²) in [4.78, 5) is 24.8. The number of aromatic amines is 1. The Bertz CT molecular complexity index is 748. The zero-order chi connectivity index (χ0) is 18.2. The van der Waals surface area contributed by atoms with Crippen molar-refractivity contribution in [2.75, 3.05) is 7.11 Å². The normalized spacial score (nSPS) is 9.22. The minimum Gasteiger partial charge on any atom is -0.496 e. The number of hydrogen-bond donors (Lipinski definition) is 1. The number of aromatic nitrogens is 2. The van der Waals surface area contributed by atoms with Crippen LogP contribution in [0.1, 0.15) is 38.8 Å². The lowest BCUT2D eigenvalue weighted by molar-refractivity contribution is 0.403. The van der Waals surface area contributed by atoms with Gasteiger partial charge in [0.15, 0.2) is 5.82 Å². The lowest BCUT2D eigenvalue weighted by Crippen LogP contribution is -2.28. The number of nitrogens with zero attached hydrogens (tertiary/aromatic N) is 1. The van der Waals surface area contributed by atoms with Crippen molar-refractivity contribution in [3.05, 3.63) is 56.1 Å². The molecule has 0 aliphatic carbocycles. The van der Waals surface area contributed by atoms with Crippen molar-refractivity contribution in [3.63, 3.8) is 0 Å². The Kier molecular flexibility index (Phi) is 8.62. The molecule has 0 spiro atoms. The molecule has 1 N–H and O–H groups in total. The maximum absolute atomic E-state index is 14.3. The SMILES string of the molecule is CC.CC.COc1c(C)cc(-n2ccc(=O)[nH]c2=O)c(F)c1C. The van der Waals surface area contributed by atoms with Crippen LogP contribution >= 0.6 is 0 Å². The van der Waals surface area contributed by atoms with Crippen LogP contribution in [0.15, 0.2) is 27.9 Å². The van der Waals surface area contributed by atoms with E-state index in [9.17, 15) is 14.0 Å². The fourth-order valence-corrected chi connectivity index (χ4v) is 2.02.